The number of hydrogen-bond acceptors (Lipinski definition) is 8. The number of aliphatic carboxylic acids is 1. The fraction of sp³-hybridized carbons (Fsp3) is 0.647. The molecule has 31 heavy (non-hydrogen) atoms. The molecule has 0 aliphatic rings. The highest BCUT2D eigenvalue weighted by Gasteiger charge is 2.31. The second-order valence-corrected chi connectivity index (χ2v) is 7.16. The third kappa shape index (κ3) is 10.4. The molecule has 4 unspecified atom stereocenters. The van der Waals surface area contributed by atoms with E-state index in [2.05, 4.69) is 16.0 Å². The number of amides is 5. The molecular weight excluding hydrogens is 416 g/mol. The number of carboxylic acids is 1. The first kappa shape index (κ1) is 27.7. The van der Waals surface area contributed by atoms with E-state index in [1.54, 1.807) is 13.8 Å². The number of nitrogens with two attached hydrogens (primary N) is 3. The first-order valence-corrected chi connectivity index (χ1v) is 9.37. The molecule has 0 aliphatic heterocycles. The lowest BCUT2D eigenvalue weighted by atomic mass is 10.0. The standard InChI is InChI=1S/C17H30N6O8/c1-7(2)13(17(30)31)23-15(28)9(3-4-11(19)25)21-16(29)10(6-24)22-14(27)8(18)5-12(20)26/h7-10,13,24H,3-6,18H2,1-2H3,(H2,19,25)(H2,20,26)(H,21,29)(H,22,27)(H,23,28)(H,30,31). The van der Waals surface area contributed by atoms with Gasteiger partial charge in [0.15, 0.2) is 0 Å². The van der Waals surface area contributed by atoms with E-state index in [1.807, 2.05) is 0 Å². The Morgan fingerprint density at radius 2 is 1.35 bits per heavy atom. The predicted molar refractivity (Wildman–Crippen MR) is 106 cm³/mol. The Hall–Kier alpha value is -3.26. The normalized spacial score (nSPS) is 14.6. The van der Waals surface area contributed by atoms with Crippen LogP contribution in [0.15, 0.2) is 0 Å². The Bertz CT molecular complexity index is 698. The molecule has 0 rings (SSSR count). The number of carbonyl (C=O) groups excluding carboxylic acids is 5. The second kappa shape index (κ2) is 13.1. The number of nitrogens with one attached hydrogen (secondary N) is 3. The molecule has 0 radical (unpaired) electrons. The van der Waals surface area contributed by atoms with Crippen LogP contribution in [0.2, 0.25) is 0 Å². The fourth-order valence-electron chi connectivity index (χ4n) is 2.38. The fourth-order valence-corrected chi connectivity index (χ4v) is 2.38. The number of hydrogen-bond donors (Lipinski definition) is 8. The molecule has 176 valence electrons. The Morgan fingerprint density at radius 3 is 1.77 bits per heavy atom. The summed E-state index contributed by atoms with van der Waals surface area (Å²) in [5, 5.41) is 25.2. The molecule has 14 nitrogen and oxygen atoms in total. The van der Waals surface area contributed by atoms with Gasteiger partial charge in [0.2, 0.25) is 29.5 Å². The molecule has 0 saturated heterocycles. The summed E-state index contributed by atoms with van der Waals surface area (Å²) >= 11 is 0. The van der Waals surface area contributed by atoms with Gasteiger partial charge in [-0.3, -0.25) is 24.0 Å². The molecular formula is C17H30N6O8. The molecule has 14 heteroatoms. The topological polar surface area (TPSA) is 257 Å². The minimum absolute atomic E-state index is 0.259. The molecule has 0 saturated carbocycles. The van der Waals surface area contributed by atoms with Crippen LogP contribution in [0.25, 0.3) is 0 Å². The third-order valence-corrected chi connectivity index (χ3v) is 4.12. The van der Waals surface area contributed by atoms with Crippen LogP contribution in [0.4, 0.5) is 0 Å². The van der Waals surface area contributed by atoms with Gasteiger partial charge in [0.25, 0.3) is 0 Å². The molecule has 4 atom stereocenters. The minimum Gasteiger partial charge on any atom is -0.480 e. The SMILES string of the molecule is CC(C)C(NC(=O)C(CCC(N)=O)NC(=O)C(CO)NC(=O)C(N)CC(N)=O)C(=O)O. The lowest BCUT2D eigenvalue weighted by Gasteiger charge is -2.25. The molecule has 0 aliphatic carbocycles. The van der Waals surface area contributed by atoms with E-state index >= 15 is 0 Å². The van der Waals surface area contributed by atoms with Crippen molar-refractivity contribution in [2.45, 2.75) is 57.3 Å². The van der Waals surface area contributed by atoms with E-state index in [0.29, 0.717) is 0 Å². The van der Waals surface area contributed by atoms with E-state index in [4.69, 9.17) is 17.2 Å². The van der Waals surface area contributed by atoms with Crippen molar-refractivity contribution in [3.63, 3.8) is 0 Å². The summed E-state index contributed by atoms with van der Waals surface area (Å²) in [5.74, 6) is -6.26. The highest BCUT2D eigenvalue weighted by molar-refractivity contribution is 5.95. The van der Waals surface area contributed by atoms with Crippen LogP contribution in [0.1, 0.15) is 33.1 Å². The van der Waals surface area contributed by atoms with Crippen molar-refractivity contribution in [1.82, 2.24) is 16.0 Å². The van der Waals surface area contributed by atoms with E-state index in [1.165, 1.54) is 0 Å². The van der Waals surface area contributed by atoms with E-state index in [0.717, 1.165) is 0 Å². The maximum atomic E-state index is 12.5. The van der Waals surface area contributed by atoms with Gasteiger partial charge in [0, 0.05) is 6.42 Å². The molecule has 11 N–H and O–H groups in total. The largest absolute Gasteiger partial charge is 0.480 e. The van der Waals surface area contributed by atoms with Crippen molar-refractivity contribution in [1.29, 1.82) is 0 Å². The number of primary amides is 2. The zero-order chi connectivity index (χ0) is 24.3. The molecule has 0 aromatic carbocycles. The lowest BCUT2D eigenvalue weighted by molar-refractivity contribution is -0.143. The Morgan fingerprint density at radius 1 is 0.839 bits per heavy atom. The first-order valence-electron chi connectivity index (χ1n) is 9.37. The van der Waals surface area contributed by atoms with Crippen LogP contribution in [0, 0.1) is 5.92 Å². The number of carboxylic acid groups (broad SMARTS) is 1. The number of aliphatic hydroxyl groups excluding tert-OH is 1. The van der Waals surface area contributed by atoms with Crippen LogP contribution < -0.4 is 33.2 Å². The van der Waals surface area contributed by atoms with E-state index < -0.39 is 78.6 Å². The van der Waals surface area contributed by atoms with Gasteiger partial charge in [-0.05, 0) is 12.3 Å². The molecule has 5 amide bonds. The van der Waals surface area contributed by atoms with Gasteiger partial charge in [0.05, 0.1) is 19.1 Å². The zero-order valence-corrected chi connectivity index (χ0v) is 17.3. The smallest absolute Gasteiger partial charge is 0.326 e. The molecule has 0 bridgehead atoms. The molecule has 0 aromatic rings. The van der Waals surface area contributed by atoms with Crippen LogP contribution >= 0.6 is 0 Å². The van der Waals surface area contributed by atoms with Crippen LogP contribution in [-0.2, 0) is 28.8 Å². The van der Waals surface area contributed by atoms with Crippen molar-refractivity contribution in [2.24, 2.45) is 23.1 Å². The number of rotatable bonds is 14. The quantitative estimate of drug-likeness (QED) is 0.128. The lowest BCUT2D eigenvalue weighted by Crippen LogP contribution is -2.58. The van der Waals surface area contributed by atoms with E-state index in [-0.39, 0.29) is 12.8 Å². The van der Waals surface area contributed by atoms with Crippen LogP contribution in [-0.4, -0.2) is 76.5 Å². The molecule has 0 heterocycles. The second-order valence-electron chi connectivity index (χ2n) is 7.16. The summed E-state index contributed by atoms with van der Waals surface area (Å²) in [4.78, 5) is 70.1. The minimum atomic E-state index is -1.55. The third-order valence-electron chi connectivity index (χ3n) is 4.12. The summed E-state index contributed by atoms with van der Waals surface area (Å²) in [6.07, 6.45) is -1.07. The van der Waals surface area contributed by atoms with Gasteiger partial charge in [-0.15, -0.1) is 0 Å². The number of carbonyl (C=O) groups is 6. The van der Waals surface area contributed by atoms with Crippen molar-refractivity contribution >= 4 is 35.5 Å². The van der Waals surface area contributed by atoms with Gasteiger partial charge in [0.1, 0.15) is 18.1 Å². The predicted octanol–water partition coefficient (Wildman–Crippen LogP) is -4.36. The summed E-state index contributed by atoms with van der Waals surface area (Å²) in [6, 6.07) is -5.56. The van der Waals surface area contributed by atoms with Crippen LogP contribution in [0.5, 0.6) is 0 Å². The van der Waals surface area contributed by atoms with Crippen molar-refractivity contribution in [3.05, 3.63) is 0 Å². The zero-order valence-electron chi connectivity index (χ0n) is 17.3. The van der Waals surface area contributed by atoms with Crippen molar-refractivity contribution < 1.29 is 39.0 Å². The van der Waals surface area contributed by atoms with E-state index in [9.17, 15) is 39.0 Å². The molecule has 0 spiro atoms. The van der Waals surface area contributed by atoms with Crippen molar-refractivity contribution in [2.75, 3.05) is 6.61 Å². The van der Waals surface area contributed by atoms with Crippen LogP contribution in [0.3, 0.4) is 0 Å². The van der Waals surface area contributed by atoms with Gasteiger partial charge in [-0.1, -0.05) is 13.8 Å². The highest BCUT2D eigenvalue weighted by Crippen LogP contribution is 2.05. The summed E-state index contributed by atoms with van der Waals surface area (Å²) in [6.45, 7) is 2.24. The Labute approximate surface area is 178 Å². The Kier molecular flexibility index (Phi) is 11.7. The van der Waals surface area contributed by atoms with Gasteiger partial charge in [-0.25, -0.2) is 4.79 Å². The van der Waals surface area contributed by atoms with Gasteiger partial charge >= 0.3 is 5.97 Å². The molecule has 0 aromatic heterocycles. The maximum absolute atomic E-state index is 12.5. The maximum Gasteiger partial charge on any atom is 0.326 e. The monoisotopic (exact) mass is 446 g/mol. The average molecular weight is 446 g/mol. The summed E-state index contributed by atoms with van der Waals surface area (Å²) in [7, 11) is 0. The first-order chi connectivity index (χ1) is 14.3. The highest BCUT2D eigenvalue weighted by atomic mass is 16.4. The van der Waals surface area contributed by atoms with Gasteiger partial charge < -0.3 is 43.4 Å². The molecule has 0 fully saturated rings. The van der Waals surface area contributed by atoms with Crippen molar-refractivity contribution in [3.8, 4) is 0 Å². The number of aliphatic hydroxyl groups is 1. The Balaban J connectivity index is 5.33. The van der Waals surface area contributed by atoms with Gasteiger partial charge in [-0.2, -0.15) is 0 Å². The summed E-state index contributed by atoms with van der Waals surface area (Å²) < 4.78 is 0. The summed E-state index contributed by atoms with van der Waals surface area (Å²) in [5.41, 5.74) is 15.5. The average Bonchev–Trinajstić information content (AvgIpc) is 2.65.